The Hall–Kier alpha value is -2.69. The Labute approximate surface area is 148 Å². The molecule has 0 saturated heterocycles. The molecule has 0 aliphatic heterocycles. The van der Waals surface area contributed by atoms with Crippen molar-refractivity contribution in [3.05, 3.63) is 53.6 Å². The van der Waals surface area contributed by atoms with Crippen LogP contribution in [0.1, 0.15) is 50.4 Å². The van der Waals surface area contributed by atoms with Crippen LogP contribution >= 0.6 is 0 Å². The maximum Gasteiger partial charge on any atom is 0.271 e. The van der Waals surface area contributed by atoms with Crippen LogP contribution in [-0.2, 0) is 4.79 Å². The van der Waals surface area contributed by atoms with Gasteiger partial charge in [0.2, 0.25) is 5.91 Å². The summed E-state index contributed by atoms with van der Waals surface area (Å²) >= 11 is 0. The summed E-state index contributed by atoms with van der Waals surface area (Å²) in [6.07, 6.45) is 4.32. The number of allylic oxidation sites excluding steroid dienone is 3. The van der Waals surface area contributed by atoms with Crippen molar-refractivity contribution in [3.8, 4) is 0 Å². The van der Waals surface area contributed by atoms with Crippen molar-refractivity contribution < 1.29 is 9.59 Å². The molecule has 0 bridgehead atoms. The molecule has 1 aliphatic carbocycles. The fraction of sp³-hybridized carbons (Fsp3) is 0.350. The first-order valence-corrected chi connectivity index (χ1v) is 8.50. The molecule has 1 atom stereocenters. The van der Waals surface area contributed by atoms with Crippen LogP contribution in [0.5, 0.6) is 0 Å². The van der Waals surface area contributed by atoms with E-state index in [0.29, 0.717) is 23.6 Å². The molecule has 0 fully saturated rings. The van der Waals surface area contributed by atoms with Crippen LogP contribution in [-0.4, -0.2) is 17.5 Å². The highest BCUT2D eigenvalue weighted by Crippen LogP contribution is 2.26. The van der Waals surface area contributed by atoms with Crippen molar-refractivity contribution in [1.29, 1.82) is 0 Å². The van der Waals surface area contributed by atoms with Crippen molar-refractivity contribution in [2.24, 2.45) is 11.0 Å². The normalized spacial score (nSPS) is 18.4. The molecule has 1 aliphatic rings. The number of hydrogen-bond donors (Lipinski definition) is 2. The predicted molar refractivity (Wildman–Crippen MR) is 102 cm³/mol. The summed E-state index contributed by atoms with van der Waals surface area (Å²) in [5.74, 6) is 0.0437. The Morgan fingerprint density at radius 3 is 2.56 bits per heavy atom. The van der Waals surface area contributed by atoms with Crippen molar-refractivity contribution in [1.82, 2.24) is 5.43 Å². The number of rotatable bonds is 5. The average molecular weight is 339 g/mol. The fourth-order valence-electron chi connectivity index (χ4n) is 2.56. The zero-order valence-corrected chi connectivity index (χ0v) is 15.1. The minimum atomic E-state index is -0.272. The fourth-order valence-corrected chi connectivity index (χ4v) is 2.56. The van der Waals surface area contributed by atoms with E-state index in [0.717, 1.165) is 29.7 Å². The highest BCUT2D eigenvalue weighted by atomic mass is 16.2. The second-order valence-electron chi connectivity index (χ2n) is 6.35. The monoisotopic (exact) mass is 339 g/mol. The van der Waals surface area contributed by atoms with Gasteiger partial charge in [0.25, 0.3) is 5.91 Å². The van der Waals surface area contributed by atoms with E-state index >= 15 is 0 Å². The van der Waals surface area contributed by atoms with E-state index in [2.05, 4.69) is 28.5 Å². The number of benzene rings is 1. The molecule has 5 heteroatoms. The number of amides is 2. The van der Waals surface area contributed by atoms with Crippen LogP contribution in [0.2, 0.25) is 0 Å². The van der Waals surface area contributed by atoms with Gasteiger partial charge in [0.15, 0.2) is 0 Å². The first-order valence-electron chi connectivity index (χ1n) is 8.50. The molecule has 0 radical (unpaired) electrons. The quantitative estimate of drug-likeness (QED) is 0.627. The van der Waals surface area contributed by atoms with Gasteiger partial charge in [-0.3, -0.25) is 9.59 Å². The molecule has 0 spiro atoms. The van der Waals surface area contributed by atoms with Crippen LogP contribution in [0.25, 0.3) is 0 Å². The summed E-state index contributed by atoms with van der Waals surface area (Å²) in [6, 6.07) is 6.75. The lowest BCUT2D eigenvalue weighted by atomic mass is 9.85. The molecule has 1 aromatic rings. The number of nitrogens with one attached hydrogen (secondary N) is 2. The first-order chi connectivity index (χ1) is 11.9. The second kappa shape index (κ2) is 8.42. The van der Waals surface area contributed by atoms with Gasteiger partial charge in [-0.1, -0.05) is 25.2 Å². The van der Waals surface area contributed by atoms with Crippen molar-refractivity contribution in [3.63, 3.8) is 0 Å². The molecule has 2 amide bonds. The lowest BCUT2D eigenvalue weighted by Crippen LogP contribution is -2.23. The van der Waals surface area contributed by atoms with E-state index in [4.69, 9.17) is 0 Å². The SMILES string of the molecule is C=C(C)[C@H]1CC=C(C)/C(=N/NC(=O)c2ccc(NC(=O)CC)cc2)C1. The van der Waals surface area contributed by atoms with Gasteiger partial charge in [0.1, 0.15) is 0 Å². The third kappa shape index (κ3) is 5.14. The molecule has 0 unspecified atom stereocenters. The predicted octanol–water partition coefficient (Wildman–Crippen LogP) is 4.05. The largest absolute Gasteiger partial charge is 0.326 e. The van der Waals surface area contributed by atoms with E-state index in [1.165, 1.54) is 0 Å². The Morgan fingerprint density at radius 2 is 1.96 bits per heavy atom. The summed E-state index contributed by atoms with van der Waals surface area (Å²) in [5, 5.41) is 7.04. The minimum Gasteiger partial charge on any atom is -0.326 e. The van der Waals surface area contributed by atoms with Crippen molar-refractivity contribution >= 4 is 23.2 Å². The smallest absolute Gasteiger partial charge is 0.271 e. The standard InChI is InChI=1S/C20H25N3O2/c1-5-19(24)21-17-10-8-15(9-11-17)20(25)23-22-18-12-16(13(2)3)7-6-14(18)4/h6,8-11,16H,2,5,7,12H2,1,3-4H3,(H,21,24)(H,23,25)/b22-18+/t16-/m0/s1. The van der Waals surface area contributed by atoms with Crippen LogP contribution in [0, 0.1) is 5.92 Å². The van der Waals surface area contributed by atoms with Crippen LogP contribution in [0.4, 0.5) is 5.69 Å². The van der Waals surface area contributed by atoms with Crippen LogP contribution in [0.15, 0.2) is 53.2 Å². The average Bonchev–Trinajstić information content (AvgIpc) is 2.61. The van der Waals surface area contributed by atoms with Gasteiger partial charge in [-0.2, -0.15) is 5.10 Å². The molecule has 0 heterocycles. The summed E-state index contributed by atoms with van der Waals surface area (Å²) in [7, 11) is 0. The van der Waals surface area contributed by atoms with Gasteiger partial charge in [-0.25, -0.2) is 5.43 Å². The molecule has 0 saturated carbocycles. The minimum absolute atomic E-state index is 0.0600. The second-order valence-corrected chi connectivity index (χ2v) is 6.35. The van der Waals surface area contributed by atoms with E-state index in [-0.39, 0.29) is 11.8 Å². The molecule has 132 valence electrons. The summed E-state index contributed by atoms with van der Waals surface area (Å²) < 4.78 is 0. The third-order valence-corrected chi connectivity index (χ3v) is 4.34. The summed E-state index contributed by atoms with van der Waals surface area (Å²) in [5.41, 5.74) is 6.90. The van der Waals surface area contributed by atoms with Gasteiger partial charge < -0.3 is 5.32 Å². The highest BCUT2D eigenvalue weighted by Gasteiger charge is 2.19. The van der Waals surface area contributed by atoms with Crippen molar-refractivity contribution in [2.75, 3.05) is 5.32 Å². The molecular formula is C20H25N3O2. The molecule has 2 N–H and O–H groups in total. The first kappa shape index (κ1) is 18.6. The highest BCUT2D eigenvalue weighted by molar-refractivity contribution is 6.02. The molecule has 25 heavy (non-hydrogen) atoms. The number of carbonyl (C=O) groups excluding carboxylic acids is 2. The number of carbonyl (C=O) groups is 2. The van der Waals surface area contributed by atoms with Gasteiger partial charge in [0.05, 0.1) is 5.71 Å². The van der Waals surface area contributed by atoms with Gasteiger partial charge in [0, 0.05) is 17.7 Å². The topological polar surface area (TPSA) is 70.6 Å². The maximum absolute atomic E-state index is 12.3. The molecule has 1 aromatic carbocycles. The van der Waals surface area contributed by atoms with E-state index < -0.39 is 0 Å². The number of hydrazone groups is 1. The number of nitrogens with zero attached hydrogens (tertiary/aromatic N) is 1. The number of hydrogen-bond acceptors (Lipinski definition) is 3. The Kier molecular flexibility index (Phi) is 6.28. The Balaban J connectivity index is 2.01. The molecular weight excluding hydrogens is 314 g/mol. The van der Waals surface area contributed by atoms with Gasteiger partial charge in [-0.05, 0) is 62.4 Å². The number of anilines is 1. The van der Waals surface area contributed by atoms with Gasteiger partial charge in [-0.15, -0.1) is 0 Å². The Bertz CT molecular complexity index is 730. The molecule has 2 rings (SSSR count). The zero-order valence-electron chi connectivity index (χ0n) is 15.1. The third-order valence-electron chi connectivity index (χ3n) is 4.34. The maximum atomic E-state index is 12.3. The van der Waals surface area contributed by atoms with E-state index in [9.17, 15) is 9.59 Å². The lowest BCUT2D eigenvalue weighted by molar-refractivity contribution is -0.115. The van der Waals surface area contributed by atoms with E-state index in [1.807, 2.05) is 13.8 Å². The zero-order chi connectivity index (χ0) is 18.4. The van der Waals surface area contributed by atoms with Crippen LogP contribution < -0.4 is 10.7 Å². The van der Waals surface area contributed by atoms with Gasteiger partial charge >= 0.3 is 0 Å². The lowest BCUT2D eigenvalue weighted by Gasteiger charge is -2.22. The summed E-state index contributed by atoms with van der Waals surface area (Å²) in [4.78, 5) is 23.6. The van der Waals surface area contributed by atoms with Crippen LogP contribution in [0.3, 0.4) is 0 Å². The van der Waals surface area contributed by atoms with E-state index in [1.54, 1.807) is 31.2 Å². The van der Waals surface area contributed by atoms with Crippen molar-refractivity contribution in [2.45, 2.75) is 40.0 Å². The molecule has 0 aromatic heterocycles. The Morgan fingerprint density at radius 1 is 1.28 bits per heavy atom. The summed E-state index contributed by atoms with van der Waals surface area (Å²) in [6.45, 7) is 9.83. The molecule has 5 nitrogen and oxygen atoms in total.